The van der Waals surface area contributed by atoms with Gasteiger partial charge in [0.05, 0.1) is 12.7 Å². The molecule has 0 unspecified atom stereocenters. The molecule has 5 nitrogen and oxygen atoms in total. The van der Waals surface area contributed by atoms with Gasteiger partial charge in [-0.3, -0.25) is 4.79 Å². The second-order valence-corrected chi connectivity index (χ2v) is 4.14. The molecule has 1 aromatic carbocycles. The number of halogens is 1. The van der Waals surface area contributed by atoms with E-state index in [4.69, 9.17) is 0 Å². The Labute approximate surface area is 125 Å². The molecule has 1 amide bonds. The van der Waals surface area contributed by atoms with E-state index < -0.39 is 0 Å². The van der Waals surface area contributed by atoms with Crippen LogP contribution in [0.1, 0.15) is 22.3 Å². The fraction of sp³-hybridized carbons (Fsp3) is 0.429. The number of esters is 1. The van der Waals surface area contributed by atoms with Gasteiger partial charge in [-0.2, -0.15) is 0 Å². The lowest BCUT2D eigenvalue weighted by Gasteiger charge is -2.06. The average Bonchev–Trinajstić information content (AvgIpc) is 2.45. The smallest absolute Gasteiger partial charge is 0.337 e. The molecule has 0 fully saturated rings. The summed E-state index contributed by atoms with van der Waals surface area (Å²) >= 11 is 0. The molecule has 0 aliphatic rings. The van der Waals surface area contributed by atoms with Gasteiger partial charge in [0.2, 0.25) is 5.91 Å². The van der Waals surface area contributed by atoms with Gasteiger partial charge in [0.15, 0.2) is 0 Å². The van der Waals surface area contributed by atoms with Gasteiger partial charge in [-0.25, -0.2) is 4.79 Å². The Hall–Kier alpha value is -1.59. The Morgan fingerprint density at radius 3 is 2.35 bits per heavy atom. The molecule has 0 bridgehead atoms. The second-order valence-electron chi connectivity index (χ2n) is 4.14. The number of hydrogen-bond acceptors (Lipinski definition) is 4. The number of rotatable bonds is 7. The molecule has 1 rings (SSSR count). The highest BCUT2D eigenvalue weighted by molar-refractivity contribution is 5.89. The van der Waals surface area contributed by atoms with Crippen LogP contribution in [0.2, 0.25) is 0 Å². The predicted molar refractivity (Wildman–Crippen MR) is 80.3 cm³/mol. The van der Waals surface area contributed by atoms with Crippen molar-refractivity contribution >= 4 is 24.3 Å². The van der Waals surface area contributed by atoms with Crippen molar-refractivity contribution in [3.8, 4) is 0 Å². The maximum absolute atomic E-state index is 11.4. The summed E-state index contributed by atoms with van der Waals surface area (Å²) in [7, 11) is 3.17. The summed E-state index contributed by atoms with van der Waals surface area (Å²) in [6.45, 7) is 1.28. The first-order valence-corrected chi connectivity index (χ1v) is 6.26. The molecule has 0 heterocycles. The zero-order chi connectivity index (χ0) is 14.1. The highest BCUT2D eigenvalue weighted by Gasteiger charge is 2.04. The van der Waals surface area contributed by atoms with E-state index in [0.717, 1.165) is 12.0 Å². The number of benzene rings is 1. The minimum absolute atomic E-state index is 0. The molecule has 0 atom stereocenters. The first-order chi connectivity index (χ1) is 9.17. The van der Waals surface area contributed by atoms with Gasteiger partial charge >= 0.3 is 5.97 Å². The Balaban J connectivity index is 0.00000361. The Morgan fingerprint density at radius 1 is 1.15 bits per heavy atom. The van der Waals surface area contributed by atoms with E-state index in [1.54, 1.807) is 12.1 Å². The average molecular weight is 301 g/mol. The van der Waals surface area contributed by atoms with Crippen molar-refractivity contribution in [2.24, 2.45) is 0 Å². The molecular formula is C14H21ClN2O3. The monoisotopic (exact) mass is 300 g/mol. The molecule has 20 heavy (non-hydrogen) atoms. The van der Waals surface area contributed by atoms with Gasteiger partial charge in [0.25, 0.3) is 0 Å². The molecular weight excluding hydrogens is 280 g/mol. The molecule has 0 aliphatic carbocycles. The molecule has 1 aromatic rings. The van der Waals surface area contributed by atoms with Gasteiger partial charge < -0.3 is 15.4 Å². The lowest BCUT2D eigenvalue weighted by molar-refractivity contribution is -0.120. The number of methoxy groups -OCH3 is 1. The highest BCUT2D eigenvalue weighted by Crippen LogP contribution is 2.06. The topological polar surface area (TPSA) is 67.4 Å². The quantitative estimate of drug-likeness (QED) is 0.742. The van der Waals surface area contributed by atoms with Crippen LogP contribution in [0.5, 0.6) is 0 Å². The second kappa shape index (κ2) is 10.2. The molecule has 6 heteroatoms. The van der Waals surface area contributed by atoms with Crippen LogP contribution >= 0.6 is 12.4 Å². The van der Waals surface area contributed by atoms with Crippen LogP contribution in [-0.4, -0.2) is 39.1 Å². The third-order valence-electron chi connectivity index (χ3n) is 2.71. The summed E-state index contributed by atoms with van der Waals surface area (Å²) in [6.07, 6.45) is 1.23. The van der Waals surface area contributed by atoms with E-state index in [1.165, 1.54) is 7.11 Å². The SMILES string of the molecule is CNCCC(=O)NCCc1ccc(C(=O)OC)cc1.Cl. The number of nitrogens with one attached hydrogen (secondary N) is 2. The Morgan fingerprint density at radius 2 is 1.80 bits per heavy atom. The van der Waals surface area contributed by atoms with Gasteiger partial charge in [-0.05, 0) is 31.2 Å². The van der Waals surface area contributed by atoms with Crippen molar-refractivity contribution in [1.29, 1.82) is 0 Å². The van der Waals surface area contributed by atoms with Gasteiger partial charge in [0.1, 0.15) is 0 Å². The molecule has 0 saturated carbocycles. The molecule has 0 radical (unpaired) electrons. The zero-order valence-corrected chi connectivity index (χ0v) is 12.6. The van der Waals surface area contributed by atoms with E-state index in [0.29, 0.717) is 25.1 Å². The van der Waals surface area contributed by atoms with Crippen LogP contribution < -0.4 is 10.6 Å². The van der Waals surface area contributed by atoms with Crippen LogP contribution in [-0.2, 0) is 16.0 Å². The number of hydrogen-bond donors (Lipinski definition) is 2. The van der Waals surface area contributed by atoms with Crippen molar-refractivity contribution in [1.82, 2.24) is 10.6 Å². The first-order valence-electron chi connectivity index (χ1n) is 6.26. The van der Waals surface area contributed by atoms with Crippen LogP contribution in [0, 0.1) is 0 Å². The van der Waals surface area contributed by atoms with E-state index in [9.17, 15) is 9.59 Å². The van der Waals surface area contributed by atoms with Gasteiger partial charge in [-0.15, -0.1) is 12.4 Å². The summed E-state index contributed by atoms with van der Waals surface area (Å²) in [5.41, 5.74) is 1.60. The summed E-state index contributed by atoms with van der Waals surface area (Å²) in [5.74, 6) is -0.299. The summed E-state index contributed by atoms with van der Waals surface area (Å²) < 4.78 is 4.62. The van der Waals surface area contributed by atoms with Crippen LogP contribution in [0.4, 0.5) is 0 Å². The minimum Gasteiger partial charge on any atom is -0.465 e. The van der Waals surface area contributed by atoms with Crippen molar-refractivity contribution < 1.29 is 14.3 Å². The Kier molecular flexibility index (Phi) is 9.41. The fourth-order valence-corrected chi connectivity index (χ4v) is 1.60. The van der Waals surface area contributed by atoms with Gasteiger partial charge in [0, 0.05) is 19.5 Å². The van der Waals surface area contributed by atoms with E-state index in [-0.39, 0.29) is 24.3 Å². The number of amides is 1. The van der Waals surface area contributed by atoms with Crippen molar-refractivity contribution in [3.63, 3.8) is 0 Å². The van der Waals surface area contributed by atoms with Crippen LogP contribution in [0.15, 0.2) is 24.3 Å². The summed E-state index contributed by atoms with van der Waals surface area (Å²) in [5, 5.41) is 5.77. The van der Waals surface area contributed by atoms with E-state index in [1.807, 2.05) is 19.2 Å². The molecule has 112 valence electrons. The normalized spacial score (nSPS) is 9.50. The summed E-state index contributed by atoms with van der Waals surface area (Å²) in [4.78, 5) is 22.6. The van der Waals surface area contributed by atoms with E-state index in [2.05, 4.69) is 15.4 Å². The maximum Gasteiger partial charge on any atom is 0.337 e. The molecule has 2 N–H and O–H groups in total. The minimum atomic E-state index is -0.341. The van der Waals surface area contributed by atoms with Gasteiger partial charge in [-0.1, -0.05) is 12.1 Å². The fourth-order valence-electron chi connectivity index (χ4n) is 1.60. The standard InChI is InChI=1S/C14H20N2O3.ClH/c1-15-9-8-13(17)16-10-7-11-3-5-12(6-4-11)14(18)19-2;/h3-6,15H,7-10H2,1-2H3,(H,16,17);1H. The predicted octanol–water partition coefficient (Wildman–Crippen LogP) is 1.16. The van der Waals surface area contributed by atoms with Crippen molar-refractivity contribution in [2.75, 3.05) is 27.2 Å². The lowest BCUT2D eigenvalue weighted by Crippen LogP contribution is -2.28. The number of carbonyl (C=O) groups is 2. The maximum atomic E-state index is 11.4. The third-order valence-corrected chi connectivity index (χ3v) is 2.71. The van der Waals surface area contributed by atoms with E-state index >= 15 is 0 Å². The van der Waals surface area contributed by atoms with Crippen LogP contribution in [0.25, 0.3) is 0 Å². The molecule has 0 aromatic heterocycles. The van der Waals surface area contributed by atoms with Crippen molar-refractivity contribution in [3.05, 3.63) is 35.4 Å². The molecule has 0 saturated heterocycles. The highest BCUT2D eigenvalue weighted by atomic mass is 35.5. The van der Waals surface area contributed by atoms with Crippen molar-refractivity contribution in [2.45, 2.75) is 12.8 Å². The summed E-state index contributed by atoms with van der Waals surface area (Å²) in [6, 6.07) is 7.19. The number of ether oxygens (including phenoxy) is 1. The van der Waals surface area contributed by atoms with Crippen LogP contribution in [0.3, 0.4) is 0 Å². The zero-order valence-electron chi connectivity index (χ0n) is 11.8. The molecule has 0 spiro atoms. The number of carbonyl (C=O) groups excluding carboxylic acids is 2. The lowest BCUT2D eigenvalue weighted by atomic mass is 10.1. The Bertz CT molecular complexity index is 421. The third kappa shape index (κ3) is 6.54. The molecule has 0 aliphatic heterocycles. The first kappa shape index (κ1) is 18.4. The largest absolute Gasteiger partial charge is 0.465 e.